The van der Waals surface area contributed by atoms with E-state index in [1.165, 1.54) is 0 Å². The monoisotopic (exact) mass is 462 g/mol. The number of morpholine rings is 2. The number of hydrogen-bond donors (Lipinski definition) is 1. The van der Waals surface area contributed by atoms with E-state index in [1.54, 1.807) is 13.1 Å². The first-order valence-corrected chi connectivity index (χ1v) is 11.7. The molecule has 4 heterocycles. The van der Waals surface area contributed by atoms with Crippen molar-refractivity contribution in [1.29, 1.82) is 0 Å². The van der Waals surface area contributed by atoms with Gasteiger partial charge < -0.3 is 24.6 Å². The highest BCUT2D eigenvalue weighted by Crippen LogP contribution is 2.33. The maximum atomic E-state index is 12.2. The lowest BCUT2D eigenvalue weighted by Crippen LogP contribution is -2.44. The van der Waals surface area contributed by atoms with E-state index in [2.05, 4.69) is 35.0 Å². The maximum absolute atomic E-state index is 12.2. The number of rotatable bonds is 4. The van der Waals surface area contributed by atoms with Crippen LogP contribution in [0, 0.1) is 0 Å². The van der Waals surface area contributed by atoms with E-state index in [4.69, 9.17) is 24.4 Å². The van der Waals surface area contributed by atoms with Gasteiger partial charge in [0.25, 0.3) is 5.91 Å². The van der Waals surface area contributed by atoms with Crippen LogP contribution in [0.1, 0.15) is 24.2 Å². The molecule has 34 heavy (non-hydrogen) atoms. The summed E-state index contributed by atoms with van der Waals surface area (Å²) in [4.78, 5) is 31.3. The number of ether oxygens (including phenoxy) is 2. The summed E-state index contributed by atoms with van der Waals surface area (Å²) in [5, 5.41) is 3.60. The second-order valence-electron chi connectivity index (χ2n) is 8.83. The van der Waals surface area contributed by atoms with Crippen molar-refractivity contribution >= 4 is 28.6 Å². The quantitative estimate of drug-likeness (QED) is 0.632. The molecule has 1 N–H and O–H groups in total. The van der Waals surface area contributed by atoms with Crippen LogP contribution in [0.4, 0.5) is 11.6 Å². The molecule has 2 saturated heterocycles. The van der Waals surface area contributed by atoms with E-state index < -0.39 is 0 Å². The second-order valence-corrected chi connectivity index (χ2v) is 8.83. The lowest BCUT2D eigenvalue weighted by Gasteiger charge is -2.36. The first kappa shape index (κ1) is 22.5. The Morgan fingerprint density at radius 3 is 2.47 bits per heavy atom. The molecule has 9 nitrogen and oxygen atoms in total. The smallest absolute Gasteiger partial charge is 0.251 e. The van der Waals surface area contributed by atoms with Gasteiger partial charge in [-0.25, -0.2) is 9.97 Å². The zero-order valence-electron chi connectivity index (χ0n) is 19.8. The summed E-state index contributed by atoms with van der Waals surface area (Å²) in [5.74, 6) is 0.531. The summed E-state index contributed by atoms with van der Waals surface area (Å²) in [6.07, 6.45) is 1.88. The minimum absolute atomic E-state index is 0.129. The zero-order valence-corrected chi connectivity index (χ0v) is 19.8. The van der Waals surface area contributed by atoms with Crippen molar-refractivity contribution in [1.82, 2.24) is 20.3 Å². The number of amides is 1. The fraction of sp³-hybridized carbons (Fsp3) is 0.440. The van der Waals surface area contributed by atoms with Crippen molar-refractivity contribution in [3.05, 3.63) is 42.1 Å². The molecular formula is C25H30N6O3. The summed E-state index contributed by atoms with van der Waals surface area (Å²) < 4.78 is 11.3. The number of fused-ring (bicyclic) bond motifs is 1. The van der Waals surface area contributed by atoms with Crippen LogP contribution in [-0.4, -0.2) is 79.5 Å². The average Bonchev–Trinajstić information content (AvgIpc) is 2.88. The summed E-state index contributed by atoms with van der Waals surface area (Å²) >= 11 is 0. The number of carbonyl (C=O) groups excluding carboxylic acids is 1. The van der Waals surface area contributed by atoms with E-state index in [0.717, 1.165) is 35.4 Å². The van der Waals surface area contributed by atoms with Gasteiger partial charge >= 0.3 is 0 Å². The first-order chi connectivity index (χ1) is 16.5. The molecule has 178 valence electrons. The first-order valence-electron chi connectivity index (χ1n) is 11.7. The van der Waals surface area contributed by atoms with Crippen LogP contribution in [0.15, 0.2) is 36.5 Å². The van der Waals surface area contributed by atoms with Crippen LogP contribution in [0.25, 0.3) is 22.3 Å². The van der Waals surface area contributed by atoms with Gasteiger partial charge in [-0.15, -0.1) is 0 Å². The Balaban J connectivity index is 1.65. The van der Waals surface area contributed by atoms with Crippen molar-refractivity contribution in [3.63, 3.8) is 0 Å². The number of benzene rings is 1. The molecular weight excluding hydrogens is 432 g/mol. The number of pyridine rings is 1. The minimum Gasteiger partial charge on any atom is -0.377 e. The Morgan fingerprint density at radius 2 is 1.76 bits per heavy atom. The van der Waals surface area contributed by atoms with Gasteiger partial charge in [0.05, 0.1) is 49.2 Å². The van der Waals surface area contributed by atoms with E-state index in [1.807, 2.05) is 24.4 Å². The summed E-state index contributed by atoms with van der Waals surface area (Å²) in [7, 11) is 1.63. The molecule has 1 aromatic carbocycles. The van der Waals surface area contributed by atoms with Crippen LogP contribution in [-0.2, 0) is 9.47 Å². The number of hydrogen-bond acceptors (Lipinski definition) is 8. The van der Waals surface area contributed by atoms with Crippen molar-refractivity contribution < 1.29 is 14.3 Å². The third kappa shape index (κ3) is 4.28. The molecule has 2 aliphatic rings. The molecule has 0 bridgehead atoms. The Kier molecular flexibility index (Phi) is 6.30. The number of nitrogens with one attached hydrogen (secondary N) is 1. The zero-order chi connectivity index (χ0) is 23.7. The van der Waals surface area contributed by atoms with E-state index in [9.17, 15) is 4.79 Å². The maximum Gasteiger partial charge on any atom is 0.251 e. The number of nitrogens with zero attached hydrogens (tertiary/aromatic N) is 5. The molecule has 0 unspecified atom stereocenters. The second kappa shape index (κ2) is 9.52. The Morgan fingerprint density at radius 1 is 1.03 bits per heavy atom. The minimum atomic E-state index is -0.129. The molecule has 0 aliphatic carbocycles. The molecule has 5 rings (SSSR count). The van der Waals surface area contributed by atoms with Crippen LogP contribution in [0.5, 0.6) is 0 Å². The van der Waals surface area contributed by atoms with Crippen molar-refractivity contribution in [2.24, 2.45) is 0 Å². The Bertz CT molecular complexity index is 1200. The van der Waals surface area contributed by atoms with Gasteiger partial charge in [-0.1, -0.05) is 12.1 Å². The summed E-state index contributed by atoms with van der Waals surface area (Å²) in [6, 6.07) is 10.00. The third-order valence-electron chi connectivity index (χ3n) is 6.48. The van der Waals surface area contributed by atoms with E-state index in [-0.39, 0.29) is 18.0 Å². The fourth-order valence-electron chi connectivity index (χ4n) is 4.58. The molecule has 0 saturated carbocycles. The highest BCUT2D eigenvalue weighted by molar-refractivity contribution is 5.96. The van der Waals surface area contributed by atoms with Gasteiger partial charge in [0.15, 0.2) is 5.65 Å². The molecule has 2 fully saturated rings. The van der Waals surface area contributed by atoms with Gasteiger partial charge in [0.2, 0.25) is 5.95 Å². The predicted octanol–water partition coefficient (Wildman–Crippen LogP) is 2.50. The molecule has 1 amide bonds. The van der Waals surface area contributed by atoms with Gasteiger partial charge in [0, 0.05) is 43.5 Å². The Labute approximate surface area is 199 Å². The van der Waals surface area contributed by atoms with Gasteiger partial charge in [-0.3, -0.25) is 4.79 Å². The number of aromatic nitrogens is 3. The third-order valence-corrected chi connectivity index (χ3v) is 6.48. The van der Waals surface area contributed by atoms with Crippen LogP contribution in [0.3, 0.4) is 0 Å². The molecule has 2 aliphatic heterocycles. The number of anilines is 2. The molecule has 0 radical (unpaired) electrons. The van der Waals surface area contributed by atoms with Crippen molar-refractivity contribution in [3.8, 4) is 11.3 Å². The van der Waals surface area contributed by atoms with Crippen LogP contribution >= 0.6 is 0 Å². The van der Waals surface area contributed by atoms with E-state index in [0.29, 0.717) is 43.6 Å². The molecule has 9 heteroatoms. The summed E-state index contributed by atoms with van der Waals surface area (Å²) in [6.45, 7) is 8.42. The normalized spacial score (nSPS) is 21.0. The van der Waals surface area contributed by atoms with Crippen molar-refractivity contribution in [2.75, 3.05) is 56.4 Å². The van der Waals surface area contributed by atoms with Crippen LogP contribution in [0.2, 0.25) is 0 Å². The molecule has 0 spiro atoms. The Hall–Kier alpha value is -3.30. The fourth-order valence-corrected chi connectivity index (χ4v) is 4.58. The number of carbonyl (C=O) groups is 1. The largest absolute Gasteiger partial charge is 0.377 e. The van der Waals surface area contributed by atoms with Gasteiger partial charge in [0.1, 0.15) is 0 Å². The highest BCUT2D eigenvalue weighted by Gasteiger charge is 2.25. The average molecular weight is 463 g/mol. The molecule has 2 atom stereocenters. The van der Waals surface area contributed by atoms with Gasteiger partial charge in [-0.05, 0) is 32.0 Å². The van der Waals surface area contributed by atoms with E-state index >= 15 is 0 Å². The lowest BCUT2D eigenvalue weighted by molar-refractivity contribution is 0.0963. The van der Waals surface area contributed by atoms with Crippen LogP contribution < -0.4 is 15.1 Å². The lowest BCUT2D eigenvalue weighted by atomic mass is 10.0. The topological polar surface area (TPSA) is 92.7 Å². The highest BCUT2D eigenvalue weighted by atomic mass is 16.5. The predicted molar refractivity (Wildman–Crippen MR) is 131 cm³/mol. The summed E-state index contributed by atoms with van der Waals surface area (Å²) in [5.41, 5.74) is 3.90. The standard InChI is InChI=1S/C25H30N6O3/c1-16-14-33-9-7-30(16)22-12-21(18-5-4-6-19(11-18)24(32)26-3)28-23-20(22)13-27-25(29-23)31-8-10-34-15-17(31)2/h4-6,11-13,16-17H,7-10,14-15H2,1-3H3,(H,26,32)/t16-,17-/m0/s1. The van der Waals surface area contributed by atoms with Crippen molar-refractivity contribution in [2.45, 2.75) is 25.9 Å². The molecule has 2 aromatic heterocycles. The SMILES string of the molecule is CNC(=O)c1cccc(-c2cc(N3CCOC[C@@H]3C)c3cnc(N4CCOC[C@@H]4C)nc3n2)c1. The molecule has 3 aromatic rings. The van der Waals surface area contributed by atoms with Gasteiger partial charge in [-0.2, -0.15) is 4.98 Å².